The first kappa shape index (κ1) is 7.65. The minimum absolute atomic E-state index is 0.167. The average molecular weight is 146 g/mol. The van der Waals surface area contributed by atoms with E-state index in [0.29, 0.717) is 12.7 Å². The second-order valence-corrected chi connectivity index (χ2v) is 2.35. The van der Waals surface area contributed by atoms with Crippen molar-refractivity contribution in [2.24, 2.45) is 0 Å². The SMILES string of the molecule is O=C[C@H]1O[C@H]1C[C@H](O)CO. The summed E-state index contributed by atoms with van der Waals surface area (Å²) < 4.78 is 4.80. The number of carbonyl (C=O) groups excluding carboxylic acids is 1. The Bertz CT molecular complexity index is 125. The van der Waals surface area contributed by atoms with E-state index in [9.17, 15) is 4.79 Å². The third-order valence-electron chi connectivity index (χ3n) is 1.47. The summed E-state index contributed by atoms with van der Waals surface area (Å²) in [6.07, 6.45) is -0.218. The van der Waals surface area contributed by atoms with Crippen molar-refractivity contribution in [3.8, 4) is 0 Å². The van der Waals surface area contributed by atoms with Gasteiger partial charge in [-0.05, 0) is 0 Å². The predicted molar refractivity (Wildman–Crippen MR) is 32.4 cm³/mol. The van der Waals surface area contributed by atoms with E-state index in [1.54, 1.807) is 0 Å². The summed E-state index contributed by atoms with van der Waals surface area (Å²) in [6, 6.07) is 0. The summed E-state index contributed by atoms with van der Waals surface area (Å²) in [5, 5.41) is 17.2. The van der Waals surface area contributed by atoms with Gasteiger partial charge in [0.15, 0.2) is 6.29 Å². The van der Waals surface area contributed by atoms with Crippen LogP contribution < -0.4 is 0 Å². The summed E-state index contributed by atoms with van der Waals surface area (Å²) >= 11 is 0. The molecule has 1 aliphatic heterocycles. The van der Waals surface area contributed by atoms with E-state index < -0.39 is 6.10 Å². The molecule has 58 valence electrons. The fraction of sp³-hybridized carbons (Fsp3) is 0.833. The summed E-state index contributed by atoms with van der Waals surface area (Å²) in [6.45, 7) is -0.272. The zero-order valence-electron chi connectivity index (χ0n) is 5.43. The van der Waals surface area contributed by atoms with Gasteiger partial charge in [0, 0.05) is 6.42 Å². The third-order valence-corrected chi connectivity index (χ3v) is 1.47. The summed E-state index contributed by atoms with van der Waals surface area (Å²) in [5.41, 5.74) is 0. The number of hydrogen-bond acceptors (Lipinski definition) is 4. The molecular weight excluding hydrogens is 136 g/mol. The molecule has 0 bridgehead atoms. The maximum absolute atomic E-state index is 9.98. The Morgan fingerprint density at radius 1 is 1.70 bits per heavy atom. The smallest absolute Gasteiger partial charge is 0.151 e. The summed E-state index contributed by atoms with van der Waals surface area (Å²) in [7, 11) is 0. The van der Waals surface area contributed by atoms with Gasteiger partial charge in [0.05, 0.1) is 18.8 Å². The van der Waals surface area contributed by atoms with Gasteiger partial charge in [0.25, 0.3) is 0 Å². The maximum atomic E-state index is 9.98. The van der Waals surface area contributed by atoms with Gasteiger partial charge in [0.1, 0.15) is 6.10 Å². The molecule has 4 nitrogen and oxygen atoms in total. The van der Waals surface area contributed by atoms with Crippen LogP contribution in [-0.2, 0) is 9.53 Å². The highest BCUT2D eigenvalue weighted by Crippen LogP contribution is 2.24. The van der Waals surface area contributed by atoms with Gasteiger partial charge in [-0.15, -0.1) is 0 Å². The monoisotopic (exact) mass is 146 g/mol. The van der Waals surface area contributed by atoms with E-state index >= 15 is 0 Å². The number of ether oxygens (including phenoxy) is 1. The lowest BCUT2D eigenvalue weighted by atomic mass is 10.2. The molecule has 0 aromatic rings. The Balaban J connectivity index is 2.11. The van der Waals surface area contributed by atoms with E-state index in [1.165, 1.54) is 0 Å². The number of hydrogen-bond donors (Lipinski definition) is 2. The van der Waals surface area contributed by atoms with Crippen molar-refractivity contribution in [3.63, 3.8) is 0 Å². The van der Waals surface area contributed by atoms with E-state index in [1.807, 2.05) is 0 Å². The maximum Gasteiger partial charge on any atom is 0.151 e. The highest BCUT2D eigenvalue weighted by atomic mass is 16.6. The highest BCUT2D eigenvalue weighted by molar-refractivity contribution is 5.60. The predicted octanol–water partition coefficient (Wildman–Crippen LogP) is -1.30. The Kier molecular flexibility index (Phi) is 2.37. The fourth-order valence-electron chi connectivity index (χ4n) is 0.809. The molecular formula is C6H10O4. The largest absolute Gasteiger partial charge is 0.394 e. The molecule has 0 amide bonds. The zero-order valence-corrected chi connectivity index (χ0v) is 5.43. The van der Waals surface area contributed by atoms with Crippen molar-refractivity contribution in [1.82, 2.24) is 0 Å². The Morgan fingerprint density at radius 3 is 2.80 bits per heavy atom. The highest BCUT2D eigenvalue weighted by Gasteiger charge is 2.39. The molecule has 10 heavy (non-hydrogen) atoms. The normalized spacial score (nSPS) is 33.4. The second kappa shape index (κ2) is 3.09. The van der Waals surface area contributed by atoms with Gasteiger partial charge in [-0.2, -0.15) is 0 Å². The van der Waals surface area contributed by atoms with Gasteiger partial charge in [-0.1, -0.05) is 0 Å². The number of aldehydes is 1. The van der Waals surface area contributed by atoms with Crippen molar-refractivity contribution < 1.29 is 19.7 Å². The van der Waals surface area contributed by atoms with Crippen LogP contribution in [0.2, 0.25) is 0 Å². The average Bonchev–Trinajstić information content (AvgIpc) is 2.67. The Morgan fingerprint density at radius 2 is 2.40 bits per heavy atom. The quantitative estimate of drug-likeness (QED) is 0.382. The fourth-order valence-corrected chi connectivity index (χ4v) is 0.809. The molecule has 0 spiro atoms. The molecule has 2 N–H and O–H groups in total. The van der Waals surface area contributed by atoms with Gasteiger partial charge in [0.2, 0.25) is 0 Å². The first-order chi connectivity index (χ1) is 4.77. The molecule has 1 rings (SSSR count). The number of aliphatic hydroxyl groups is 2. The minimum Gasteiger partial charge on any atom is -0.394 e. The van der Waals surface area contributed by atoms with Crippen LogP contribution in [0.1, 0.15) is 6.42 Å². The van der Waals surface area contributed by atoms with Crippen LogP contribution in [-0.4, -0.2) is 41.4 Å². The second-order valence-electron chi connectivity index (χ2n) is 2.35. The van der Waals surface area contributed by atoms with Gasteiger partial charge < -0.3 is 19.7 Å². The molecule has 3 atom stereocenters. The van der Waals surface area contributed by atoms with Gasteiger partial charge in [-0.25, -0.2) is 0 Å². The molecule has 0 aromatic heterocycles. The van der Waals surface area contributed by atoms with Gasteiger partial charge in [-0.3, -0.25) is 0 Å². The lowest BCUT2D eigenvalue weighted by Crippen LogP contribution is -2.15. The molecule has 0 aliphatic carbocycles. The number of aliphatic hydroxyl groups excluding tert-OH is 2. The zero-order chi connectivity index (χ0) is 7.56. The van der Waals surface area contributed by atoms with E-state index in [2.05, 4.69) is 0 Å². The summed E-state index contributed by atoms with van der Waals surface area (Å²) in [4.78, 5) is 9.98. The minimum atomic E-state index is -0.755. The van der Waals surface area contributed by atoms with Crippen LogP contribution in [0.5, 0.6) is 0 Å². The van der Waals surface area contributed by atoms with Crippen LogP contribution in [0.3, 0.4) is 0 Å². The first-order valence-corrected chi connectivity index (χ1v) is 3.17. The van der Waals surface area contributed by atoms with Crippen LogP contribution in [0.4, 0.5) is 0 Å². The lowest BCUT2D eigenvalue weighted by molar-refractivity contribution is -0.108. The van der Waals surface area contributed by atoms with Crippen molar-refractivity contribution in [2.75, 3.05) is 6.61 Å². The summed E-state index contributed by atoms with van der Waals surface area (Å²) in [5.74, 6) is 0. The molecule has 1 fully saturated rings. The molecule has 1 heterocycles. The molecule has 0 radical (unpaired) electrons. The number of epoxide rings is 1. The van der Waals surface area contributed by atoms with Crippen molar-refractivity contribution in [2.45, 2.75) is 24.7 Å². The van der Waals surface area contributed by atoms with E-state index in [4.69, 9.17) is 14.9 Å². The van der Waals surface area contributed by atoms with Crippen molar-refractivity contribution in [1.29, 1.82) is 0 Å². The lowest BCUT2D eigenvalue weighted by Gasteiger charge is -2.01. The number of carbonyl (C=O) groups is 1. The molecule has 0 aromatic carbocycles. The van der Waals surface area contributed by atoms with E-state index in [0.717, 1.165) is 0 Å². The van der Waals surface area contributed by atoms with Gasteiger partial charge >= 0.3 is 0 Å². The third kappa shape index (κ3) is 1.76. The van der Waals surface area contributed by atoms with Crippen LogP contribution in [0, 0.1) is 0 Å². The standard InChI is InChI=1S/C6H10O4/c7-2-4(9)1-5-6(3-8)10-5/h3-7,9H,1-2H2/t4-,5-,6+/m0/s1. The van der Waals surface area contributed by atoms with Crippen LogP contribution >= 0.6 is 0 Å². The molecule has 4 heteroatoms. The van der Waals surface area contributed by atoms with Crippen LogP contribution in [0.25, 0.3) is 0 Å². The van der Waals surface area contributed by atoms with Crippen molar-refractivity contribution in [3.05, 3.63) is 0 Å². The first-order valence-electron chi connectivity index (χ1n) is 3.17. The topological polar surface area (TPSA) is 70.1 Å². The number of rotatable bonds is 4. The molecule has 1 aliphatic rings. The van der Waals surface area contributed by atoms with E-state index in [-0.39, 0.29) is 18.8 Å². The van der Waals surface area contributed by atoms with Crippen LogP contribution in [0.15, 0.2) is 0 Å². The Labute approximate surface area is 58.4 Å². The Hall–Kier alpha value is -0.450. The molecule has 0 saturated carbocycles. The van der Waals surface area contributed by atoms with Crippen molar-refractivity contribution >= 4 is 6.29 Å². The molecule has 0 unspecified atom stereocenters. The molecule has 1 saturated heterocycles.